The van der Waals surface area contributed by atoms with Gasteiger partial charge in [-0.2, -0.15) is 0 Å². The Hall–Kier alpha value is -0.590. The second-order valence-electron chi connectivity index (χ2n) is 7.25. The Kier molecular flexibility index (Phi) is 6.27. The van der Waals surface area contributed by atoms with E-state index < -0.39 is 10.0 Å². The number of hydrogen-bond donors (Lipinski definition) is 0. The van der Waals surface area contributed by atoms with Gasteiger partial charge in [0.25, 0.3) is 10.0 Å². The summed E-state index contributed by atoms with van der Waals surface area (Å²) in [5, 5.41) is 0. The van der Waals surface area contributed by atoms with Gasteiger partial charge in [0.2, 0.25) is 0 Å². The molecule has 25 heavy (non-hydrogen) atoms. The third-order valence-corrected chi connectivity index (χ3v) is 8.37. The zero-order valence-electron chi connectivity index (χ0n) is 15.5. The zero-order chi connectivity index (χ0) is 19.1. The standard InChI is InChI=1S/C19H25Br2NO2S/c1-11(2)14-9-15(12(3)4)18(16(10-14)13(5)6)25(23,24)22-8-7-17(20)19(22)21/h7-13H,1-6H3. The fourth-order valence-electron chi connectivity index (χ4n) is 2.84. The number of rotatable bonds is 5. The highest BCUT2D eigenvalue weighted by Gasteiger charge is 2.29. The second-order valence-corrected chi connectivity index (χ2v) is 10.6. The summed E-state index contributed by atoms with van der Waals surface area (Å²) in [6.07, 6.45) is 1.58. The normalized spacial score (nSPS) is 12.6. The van der Waals surface area contributed by atoms with Crippen LogP contribution in [0.3, 0.4) is 0 Å². The fraction of sp³-hybridized carbons (Fsp3) is 0.474. The summed E-state index contributed by atoms with van der Waals surface area (Å²) in [7, 11) is -3.70. The Balaban J connectivity index is 2.89. The highest BCUT2D eigenvalue weighted by Crippen LogP contribution is 2.38. The highest BCUT2D eigenvalue weighted by molar-refractivity contribution is 9.13. The molecule has 138 valence electrons. The molecule has 1 aromatic carbocycles. The Morgan fingerprint density at radius 1 is 0.880 bits per heavy atom. The van der Waals surface area contributed by atoms with Crippen LogP contribution >= 0.6 is 31.9 Å². The number of aromatic nitrogens is 1. The minimum atomic E-state index is -3.70. The summed E-state index contributed by atoms with van der Waals surface area (Å²) in [6, 6.07) is 5.84. The number of nitrogens with zero attached hydrogens (tertiary/aromatic N) is 1. The van der Waals surface area contributed by atoms with Gasteiger partial charge in [-0.15, -0.1) is 0 Å². The molecule has 0 fully saturated rings. The maximum absolute atomic E-state index is 13.5. The molecule has 0 aliphatic rings. The van der Waals surface area contributed by atoms with E-state index in [1.165, 1.54) is 9.54 Å². The van der Waals surface area contributed by atoms with Crippen LogP contribution in [0.5, 0.6) is 0 Å². The predicted molar refractivity (Wildman–Crippen MR) is 111 cm³/mol. The summed E-state index contributed by atoms with van der Waals surface area (Å²) < 4.78 is 29.5. The number of hydrogen-bond acceptors (Lipinski definition) is 2. The van der Waals surface area contributed by atoms with Crippen LogP contribution in [0.15, 0.2) is 38.4 Å². The topological polar surface area (TPSA) is 39.1 Å². The van der Waals surface area contributed by atoms with E-state index in [4.69, 9.17) is 0 Å². The van der Waals surface area contributed by atoms with Crippen molar-refractivity contribution in [1.82, 2.24) is 3.97 Å². The molecule has 0 spiro atoms. The van der Waals surface area contributed by atoms with E-state index in [1.807, 2.05) is 27.7 Å². The molecule has 1 heterocycles. The Morgan fingerprint density at radius 3 is 1.68 bits per heavy atom. The molecule has 3 nitrogen and oxygen atoms in total. The molecule has 0 saturated carbocycles. The first kappa shape index (κ1) is 20.7. The van der Waals surface area contributed by atoms with Crippen LogP contribution in [0.1, 0.15) is 76.0 Å². The van der Waals surface area contributed by atoms with Crippen LogP contribution in [-0.2, 0) is 10.0 Å². The molecule has 0 aliphatic carbocycles. The SMILES string of the molecule is CC(C)c1cc(C(C)C)c(S(=O)(=O)n2ccc(Br)c2Br)c(C(C)C)c1. The van der Waals surface area contributed by atoms with Crippen LogP contribution in [0, 0.1) is 0 Å². The first-order valence-corrected chi connectivity index (χ1v) is 11.5. The summed E-state index contributed by atoms with van der Waals surface area (Å²) >= 11 is 6.76. The van der Waals surface area contributed by atoms with Crippen molar-refractivity contribution in [3.05, 3.63) is 50.2 Å². The van der Waals surface area contributed by atoms with Crippen LogP contribution in [0.2, 0.25) is 0 Å². The molecule has 0 unspecified atom stereocenters. The molecule has 6 heteroatoms. The lowest BCUT2D eigenvalue weighted by atomic mass is 9.89. The molecule has 0 atom stereocenters. The van der Waals surface area contributed by atoms with Gasteiger partial charge in [-0.3, -0.25) is 0 Å². The van der Waals surface area contributed by atoms with Gasteiger partial charge >= 0.3 is 0 Å². The lowest BCUT2D eigenvalue weighted by molar-refractivity contribution is 0.581. The van der Waals surface area contributed by atoms with Crippen molar-refractivity contribution in [1.29, 1.82) is 0 Å². The van der Waals surface area contributed by atoms with E-state index >= 15 is 0 Å². The van der Waals surface area contributed by atoms with Crippen molar-refractivity contribution in [2.75, 3.05) is 0 Å². The first-order chi connectivity index (χ1) is 11.5. The fourth-order valence-corrected chi connectivity index (χ4v) is 6.00. The Morgan fingerprint density at radius 2 is 1.36 bits per heavy atom. The van der Waals surface area contributed by atoms with Crippen molar-refractivity contribution in [2.45, 2.75) is 64.2 Å². The van der Waals surface area contributed by atoms with Gasteiger partial charge in [0, 0.05) is 6.20 Å². The van der Waals surface area contributed by atoms with Crippen LogP contribution < -0.4 is 0 Å². The van der Waals surface area contributed by atoms with Gasteiger partial charge in [0.1, 0.15) is 4.60 Å². The minimum Gasteiger partial charge on any atom is -0.234 e. The van der Waals surface area contributed by atoms with E-state index in [0.717, 1.165) is 11.1 Å². The molecule has 0 saturated heterocycles. The highest BCUT2D eigenvalue weighted by atomic mass is 79.9. The van der Waals surface area contributed by atoms with E-state index in [0.29, 0.717) is 19.9 Å². The third kappa shape index (κ3) is 3.91. The number of halogens is 2. The molecule has 0 radical (unpaired) electrons. The van der Waals surface area contributed by atoms with Gasteiger partial charge < -0.3 is 0 Å². The molecule has 2 rings (SSSR count). The summed E-state index contributed by atoms with van der Waals surface area (Å²) in [4.78, 5) is 0.436. The molecule has 2 aromatic rings. The maximum Gasteiger partial charge on any atom is 0.269 e. The lowest BCUT2D eigenvalue weighted by Gasteiger charge is -2.23. The minimum absolute atomic E-state index is 0.110. The summed E-state index contributed by atoms with van der Waals surface area (Å²) in [5.74, 6) is 0.566. The molecular formula is C19H25Br2NO2S. The van der Waals surface area contributed by atoms with E-state index in [1.54, 1.807) is 12.3 Å². The van der Waals surface area contributed by atoms with Crippen molar-refractivity contribution < 1.29 is 8.42 Å². The molecule has 1 aromatic heterocycles. The Bertz CT molecular complexity index is 852. The lowest BCUT2D eigenvalue weighted by Crippen LogP contribution is -2.18. The average Bonchev–Trinajstić information content (AvgIpc) is 2.85. The molecule has 0 N–H and O–H groups in total. The van der Waals surface area contributed by atoms with E-state index in [2.05, 4.69) is 57.8 Å². The quantitative estimate of drug-likeness (QED) is 0.472. The van der Waals surface area contributed by atoms with Crippen LogP contribution in [0.4, 0.5) is 0 Å². The van der Waals surface area contributed by atoms with Gasteiger partial charge in [0.05, 0.1) is 9.37 Å². The average molecular weight is 491 g/mol. The second kappa shape index (κ2) is 7.57. The molecular weight excluding hydrogens is 466 g/mol. The third-order valence-electron chi connectivity index (χ3n) is 4.34. The monoisotopic (exact) mass is 489 g/mol. The van der Waals surface area contributed by atoms with Crippen molar-refractivity contribution >= 4 is 41.9 Å². The molecule has 0 amide bonds. The van der Waals surface area contributed by atoms with Crippen LogP contribution in [-0.4, -0.2) is 12.4 Å². The smallest absolute Gasteiger partial charge is 0.234 e. The molecule has 0 bridgehead atoms. The van der Waals surface area contributed by atoms with E-state index in [9.17, 15) is 8.42 Å². The van der Waals surface area contributed by atoms with Gasteiger partial charge in [-0.25, -0.2) is 12.4 Å². The predicted octanol–water partition coefficient (Wildman–Crippen LogP) is 6.62. The van der Waals surface area contributed by atoms with Crippen molar-refractivity contribution in [2.24, 2.45) is 0 Å². The van der Waals surface area contributed by atoms with Crippen molar-refractivity contribution in [3.63, 3.8) is 0 Å². The van der Waals surface area contributed by atoms with E-state index in [-0.39, 0.29) is 11.8 Å². The summed E-state index contributed by atoms with van der Waals surface area (Å²) in [5.41, 5.74) is 2.94. The van der Waals surface area contributed by atoms with Gasteiger partial charge in [-0.05, 0) is 72.4 Å². The van der Waals surface area contributed by atoms with Crippen molar-refractivity contribution in [3.8, 4) is 0 Å². The zero-order valence-corrected chi connectivity index (χ0v) is 19.5. The van der Waals surface area contributed by atoms with Gasteiger partial charge in [-0.1, -0.05) is 53.7 Å². The largest absolute Gasteiger partial charge is 0.269 e. The molecule has 0 aliphatic heterocycles. The number of benzene rings is 1. The summed E-state index contributed by atoms with van der Waals surface area (Å²) in [6.45, 7) is 12.5. The van der Waals surface area contributed by atoms with Crippen LogP contribution in [0.25, 0.3) is 0 Å². The van der Waals surface area contributed by atoms with Gasteiger partial charge in [0.15, 0.2) is 0 Å². The Labute approximate surface area is 168 Å². The maximum atomic E-state index is 13.5. The first-order valence-electron chi connectivity index (χ1n) is 8.44.